The van der Waals surface area contributed by atoms with Crippen LogP contribution in [0.15, 0.2) is 30.3 Å². The predicted octanol–water partition coefficient (Wildman–Crippen LogP) is 3.98. The first-order valence-corrected chi connectivity index (χ1v) is 11.1. The molecule has 0 saturated carbocycles. The van der Waals surface area contributed by atoms with Crippen molar-refractivity contribution < 1.29 is 23.9 Å². The van der Waals surface area contributed by atoms with Gasteiger partial charge < -0.3 is 19.7 Å². The summed E-state index contributed by atoms with van der Waals surface area (Å²) in [5.41, 5.74) is 2.25. The van der Waals surface area contributed by atoms with Gasteiger partial charge in [0.15, 0.2) is 0 Å². The summed E-state index contributed by atoms with van der Waals surface area (Å²) in [4.78, 5) is 40.0. The number of carbonyl (C=O) groups is 3. The molecule has 0 aliphatic carbocycles. The fourth-order valence-corrected chi connectivity index (χ4v) is 4.25. The molecule has 0 unspecified atom stereocenters. The molecule has 0 saturated heterocycles. The highest BCUT2D eigenvalue weighted by Crippen LogP contribution is 2.35. The van der Waals surface area contributed by atoms with Gasteiger partial charge in [0.2, 0.25) is 0 Å². The normalized spacial score (nSPS) is 10.6. The van der Waals surface area contributed by atoms with Gasteiger partial charge in [-0.2, -0.15) is 5.10 Å². The molecule has 174 valence electrons. The molecule has 2 amide bonds. The van der Waals surface area contributed by atoms with Gasteiger partial charge in [0.25, 0.3) is 11.8 Å². The van der Waals surface area contributed by atoms with Crippen LogP contribution in [0.25, 0.3) is 11.3 Å². The number of rotatable bonds is 8. The summed E-state index contributed by atoms with van der Waals surface area (Å²) in [7, 11) is 4.84. The number of nitrogens with one attached hydrogen (secondary N) is 2. The number of methoxy groups -OCH3 is 1. The minimum Gasteiger partial charge on any atom is -0.497 e. The fraction of sp³-hybridized carbons (Fsp3) is 0.304. The van der Waals surface area contributed by atoms with Crippen molar-refractivity contribution in [3.8, 4) is 17.0 Å². The second kappa shape index (κ2) is 10.3. The maximum atomic E-state index is 12.9. The first-order chi connectivity index (χ1) is 15.8. The number of ether oxygens (including phenoxy) is 2. The van der Waals surface area contributed by atoms with Gasteiger partial charge in [0.05, 0.1) is 29.9 Å². The van der Waals surface area contributed by atoms with E-state index in [0.29, 0.717) is 28.3 Å². The van der Waals surface area contributed by atoms with Gasteiger partial charge in [-0.25, -0.2) is 4.79 Å². The van der Waals surface area contributed by atoms with Gasteiger partial charge in [0, 0.05) is 19.7 Å². The number of aromatic amines is 1. The predicted molar refractivity (Wildman–Crippen MR) is 126 cm³/mol. The summed E-state index contributed by atoms with van der Waals surface area (Å²) in [6.45, 7) is 3.80. The van der Waals surface area contributed by atoms with Gasteiger partial charge in [-0.15, -0.1) is 11.3 Å². The van der Waals surface area contributed by atoms with Crippen LogP contribution in [-0.2, 0) is 4.74 Å². The van der Waals surface area contributed by atoms with Crippen LogP contribution in [0.5, 0.6) is 5.75 Å². The molecule has 0 aliphatic heterocycles. The van der Waals surface area contributed by atoms with Crippen molar-refractivity contribution in [2.75, 3.05) is 33.1 Å². The minimum atomic E-state index is -0.581. The lowest BCUT2D eigenvalue weighted by Gasteiger charge is -2.09. The Labute approximate surface area is 195 Å². The Morgan fingerprint density at radius 3 is 2.48 bits per heavy atom. The van der Waals surface area contributed by atoms with Crippen LogP contribution in [0.3, 0.4) is 0 Å². The lowest BCUT2D eigenvalue weighted by atomic mass is 10.1. The van der Waals surface area contributed by atoms with E-state index in [9.17, 15) is 14.4 Å². The van der Waals surface area contributed by atoms with E-state index in [4.69, 9.17) is 9.47 Å². The molecule has 0 radical (unpaired) electrons. The number of esters is 1. The number of H-pyrrole nitrogens is 1. The molecule has 3 rings (SSSR count). The summed E-state index contributed by atoms with van der Waals surface area (Å²) in [5.74, 6) is -0.615. The van der Waals surface area contributed by atoms with Crippen LogP contribution in [0, 0.1) is 6.92 Å². The fourth-order valence-electron chi connectivity index (χ4n) is 3.04. The maximum Gasteiger partial charge on any atom is 0.341 e. The molecule has 2 heterocycles. The number of nitrogens with zero attached hydrogens (tertiary/aromatic N) is 2. The van der Waals surface area contributed by atoms with E-state index < -0.39 is 11.9 Å². The van der Waals surface area contributed by atoms with E-state index >= 15 is 0 Å². The molecule has 1 aromatic carbocycles. The van der Waals surface area contributed by atoms with Crippen LogP contribution in [0.1, 0.15) is 49.4 Å². The largest absolute Gasteiger partial charge is 0.497 e. The Balaban J connectivity index is 1.89. The maximum absolute atomic E-state index is 12.9. The van der Waals surface area contributed by atoms with Gasteiger partial charge in [0.1, 0.15) is 16.4 Å². The Hall–Kier alpha value is -3.66. The van der Waals surface area contributed by atoms with E-state index in [1.807, 2.05) is 19.1 Å². The van der Waals surface area contributed by atoms with Gasteiger partial charge in [-0.1, -0.05) is 6.92 Å². The van der Waals surface area contributed by atoms with E-state index in [-0.39, 0.29) is 28.8 Å². The van der Waals surface area contributed by atoms with Crippen molar-refractivity contribution >= 4 is 34.1 Å². The average Bonchev–Trinajstić information content (AvgIpc) is 3.42. The first-order valence-electron chi connectivity index (χ1n) is 10.3. The van der Waals surface area contributed by atoms with Crippen molar-refractivity contribution in [2.24, 2.45) is 0 Å². The topological polar surface area (TPSA) is 114 Å². The van der Waals surface area contributed by atoms with Crippen LogP contribution in [-0.4, -0.2) is 60.7 Å². The highest BCUT2D eigenvalue weighted by molar-refractivity contribution is 7.18. The van der Waals surface area contributed by atoms with Crippen molar-refractivity contribution in [3.05, 3.63) is 52.0 Å². The van der Waals surface area contributed by atoms with E-state index in [1.165, 1.54) is 4.90 Å². The molecule has 2 N–H and O–H groups in total. The number of hydrogen-bond donors (Lipinski definition) is 2. The summed E-state index contributed by atoms with van der Waals surface area (Å²) < 4.78 is 10.4. The molecule has 0 bridgehead atoms. The monoisotopic (exact) mass is 470 g/mol. The van der Waals surface area contributed by atoms with Gasteiger partial charge in [-0.3, -0.25) is 14.7 Å². The van der Waals surface area contributed by atoms with Crippen molar-refractivity contribution in [1.82, 2.24) is 15.1 Å². The second-order valence-electron chi connectivity index (χ2n) is 7.45. The molecular weight excluding hydrogens is 444 g/mol. The molecule has 0 spiro atoms. The molecule has 33 heavy (non-hydrogen) atoms. The molecule has 0 fully saturated rings. The summed E-state index contributed by atoms with van der Waals surface area (Å²) in [6, 6.07) is 8.88. The van der Waals surface area contributed by atoms with E-state index in [0.717, 1.165) is 16.9 Å². The van der Waals surface area contributed by atoms with Crippen LogP contribution in [0.2, 0.25) is 0 Å². The number of anilines is 1. The zero-order chi connectivity index (χ0) is 24.1. The highest BCUT2D eigenvalue weighted by Gasteiger charge is 2.28. The summed E-state index contributed by atoms with van der Waals surface area (Å²) >= 11 is 1.04. The molecule has 0 atom stereocenters. The number of benzene rings is 1. The number of amides is 2. The van der Waals surface area contributed by atoms with Crippen LogP contribution in [0.4, 0.5) is 5.00 Å². The van der Waals surface area contributed by atoms with E-state index in [1.54, 1.807) is 46.3 Å². The number of thiophene rings is 1. The Morgan fingerprint density at radius 2 is 1.88 bits per heavy atom. The third-order valence-corrected chi connectivity index (χ3v) is 6.02. The highest BCUT2D eigenvalue weighted by atomic mass is 32.1. The van der Waals surface area contributed by atoms with Gasteiger partial charge >= 0.3 is 5.97 Å². The Bertz CT molecular complexity index is 1160. The molecular formula is C23H26N4O5S. The van der Waals surface area contributed by atoms with E-state index in [2.05, 4.69) is 15.5 Å². The second-order valence-corrected chi connectivity index (χ2v) is 8.47. The van der Waals surface area contributed by atoms with Crippen LogP contribution >= 0.6 is 11.3 Å². The molecule has 9 nitrogen and oxygen atoms in total. The lowest BCUT2D eigenvalue weighted by molar-refractivity contribution is 0.0506. The summed E-state index contributed by atoms with van der Waals surface area (Å²) in [6.07, 6.45) is 0.655. The third kappa shape index (κ3) is 5.23. The molecule has 0 aliphatic rings. The zero-order valence-corrected chi connectivity index (χ0v) is 20.0. The number of aromatic nitrogens is 2. The smallest absolute Gasteiger partial charge is 0.341 e. The summed E-state index contributed by atoms with van der Waals surface area (Å²) in [5, 5.41) is 9.91. The quantitative estimate of drug-likeness (QED) is 0.482. The van der Waals surface area contributed by atoms with Crippen LogP contribution < -0.4 is 10.1 Å². The average molecular weight is 471 g/mol. The third-order valence-electron chi connectivity index (χ3n) is 4.82. The van der Waals surface area contributed by atoms with Crippen molar-refractivity contribution in [3.63, 3.8) is 0 Å². The number of hydrogen-bond acceptors (Lipinski definition) is 7. The SMILES string of the molecule is CCCOC(=O)c1c(NC(=O)c2cc(-c3ccc(OC)cc3)n[nH]2)sc(C(=O)N(C)C)c1C. The standard InChI is InChI=1S/C23H26N4O5S/c1-6-11-32-23(30)18-13(2)19(22(29)27(3)4)33-21(18)24-20(28)17-12-16(25-26-17)14-7-9-15(31-5)10-8-14/h7-10,12H,6,11H2,1-5H3,(H,24,28)(H,25,26). The lowest BCUT2D eigenvalue weighted by Crippen LogP contribution is -2.21. The minimum absolute atomic E-state index is 0.182. The molecule has 3 aromatic rings. The van der Waals surface area contributed by atoms with Gasteiger partial charge in [-0.05, 0) is 49.2 Å². The molecule has 2 aromatic heterocycles. The van der Waals surface area contributed by atoms with Crippen molar-refractivity contribution in [2.45, 2.75) is 20.3 Å². The first kappa shape index (κ1) is 24.0. The zero-order valence-electron chi connectivity index (χ0n) is 19.1. The number of carbonyl (C=O) groups excluding carboxylic acids is 3. The van der Waals surface area contributed by atoms with Crippen molar-refractivity contribution in [1.29, 1.82) is 0 Å². The Kier molecular flexibility index (Phi) is 7.49. The molecule has 10 heteroatoms. The Morgan fingerprint density at radius 1 is 1.18 bits per heavy atom.